The van der Waals surface area contributed by atoms with Crippen molar-refractivity contribution in [2.24, 2.45) is 11.7 Å². The van der Waals surface area contributed by atoms with Gasteiger partial charge in [0.25, 0.3) is 0 Å². The van der Waals surface area contributed by atoms with Crippen LogP contribution in [0.25, 0.3) is 0 Å². The van der Waals surface area contributed by atoms with Gasteiger partial charge in [0.2, 0.25) is 5.91 Å². The maximum atomic E-state index is 13.2. The smallest absolute Gasteiger partial charge is 0.232 e. The number of amides is 1. The van der Waals surface area contributed by atoms with Gasteiger partial charge in [-0.1, -0.05) is 72.8 Å². The highest BCUT2D eigenvalue weighted by atomic mass is 79.9. The summed E-state index contributed by atoms with van der Waals surface area (Å²) in [5.41, 5.74) is 10.0. The summed E-state index contributed by atoms with van der Waals surface area (Å²) in [6.45, 7) is 3.61. The van der Waals surface area contributed by atoms with E-state index < -0.39 is 5.41 Å². The van der Waals surface area contributed by atoms with Gasteiger partial charge in [0.15, 0.2) is 0 Å². The van der Waals surface area contributed by atoms with E-state index in [1.807, 2.05) is 60.7 Å². The Balaban J connectivity index is 0.00000259. The predicted octanol–water partition coefficient (Wildman–Crippen LogP) is 0.961. The number of halogens is 1. The monoisotopic (exact) mass is 505 g/mol. The van der Waals surface area contributed by atoms with Gasteiger partial charge in [-0.05, 0) is 53.6 Å². The first-order chi connectivity index (χ1) is 15.7. The molecular weight excluding hydrogens is 476 g/mol. The highest BCUT2D eigenvalue weighted by Crippen LogP contribution is 2.43. The lowest BCUT2D eigenvalue weighted by atomic mass is 9.64. The van der Waals surface area contributed by atoms with Crippen molar-refractivity contribution in [3.8, 4) is 5.75 Å². The minimum atomic E-state index is -0.817. The van der Waals surface area contributed by atoms with Crippen molar-refractivity contribution in [2.75, 3.05) is 26.2 Å². The Labute approximate surface area is 206 Å². The zero-order valence-electron chi connectivity index (χ0n) is 18.8. The number of ether oxygens (including phenoxy) is 1. The molecule has 5 rings (SSSR count). The van der Waals surface area contributed by atoms with E-state index in [0.717, 1.165) is 62.4 Å². The van der Waals surface area contributed by atoms with Gasteiger partial charge in [0.05, 0.1) is 6.61 Å². The molecule has 0 radical (unpaired) electrons. The number of likely N-dealkylation sites (tertiary alicyclic amines) is 1. The molecule has 0 aromatic heterocycles. The third-order valence-electron chi connectivity index (χ3n) is 7.20. The van der Waals surface area contributed by atoms with Crippen molar-refractivity contribution in [1.29, 1.82) is 0 Å². The van der Waals surface area contributed by atoms with Gasteiger partial charge in [0.1, 0.15) is 11.2 Å². The molecular formula is C28H30BrN2O2-. The van der Waals surface area contributed by atoms with E-state index in [1.165, 1.54) is 11.1 Å². The number of hydrogen-bond acceptors (Lipinski definition) is 3. The standard InChI is InChI=1S/C28H30N2O2.BrH/c29-27(31)28(23-7-3-1-4-8-23,24-9-5-2-6-10-24)25-14-17-30(20-25)16-13-21-11-12-26-22(19-21)15-18-32-26;/h1-12,19,25H,13-18,20H2,(H2,29,31);1H/p-1/t25-;/m1./s1. The summed E-state index contributed by atoms with van der Waals surface area (Å²) in [7, 11) is 0. The highest BCUT2D eigenvalue weighted by Gasteiger charge is 2.49. The third-order valence-corrected chi connectivity index (χ3v) is 7.20. The number of fused-ring (bicyclic) bond motifs is 1. The van der Waals surface area contributed by atoms with Gasteiger partial charge < -0.3 is 32.4 Å². The molecule has 33 heavy (non-hydrogen) atoms. The molecule has 1 amide bonds. The number of benzene rings is 3. The van der Waals surface area contributed by atoms with Gasteiger partial charge in [-0.2, -0.15) is 0 Å². The molecule has 0 aliphatic carbocycles. The average molecular weight is 506 g/mol. The molecule has 1 atom stereocenters. The summed E-state index contributed by atoms with van der Waals surface area (Å²) in [6.07, 6.45) is 2.95. The fourth-order valence-corrected chi connectivity index (χ4v) is 5.60. The fraction of sp³-hybridized carbons (Fsp3) is 0.321. The maximum absolute atomic E-state index is 13.2. The van der Waals surface area contributed by atoms with E-state index >= 15 is 0 Å². The zero-order chi connectivity index (χ0) is 22.0. The quantitative estimate of drug-likeness (QED) is 0.520. The molecule has 3 aromatic carbocycles. The van der Waals surface area contributed by atoms with Crippen LogP contribution in [0.4, 0.5) is 0 Å². The van der Waals surface area contributed by atoms with Crippen LogP contribution < -0.4 is 27.5 Å². The van der Waals surface area contributed by atoms with Crippen LogP contribution in [0.15, 0.2) is 78.9 Å². The summed E-state index contributed by atoms with van der Waals surface area (Å²) in [6, 6.07) is 26.7. The number of rotatable bonds is 7. The number of hydrogen-bond donors (Lipinski definition) is 1. The maximum Gasteiger partial charge on any atom is 0.232 e. The molecule has 1 saturated heterocycles. The van der Waals surface area contributed by atoms with Gasteiger partial charge >= 0.3 is 0 Å². The van der Waals surface area contributed by atoms with E-state index in [4.69, 9.17) is 10.5 Å². The van der Waals surface area contributed by atoms with E-state index in [2.05, 4.69) is 23.1 Å². The second-order valence-electron chi connectivity index (χ2n) is 8.98. The molecule has 2 heterocycles. The first kappa shape index (κ1) is 23.5. The third kappa shape index (κ3) is 4.44. The molecule has 4 nitrogen and oxygen atoms in total. The van der Waals surface area contributed by atoms with E-state index in [1.54, 1.807) is 0 Å². The van der Waals surface area contributed by atoms with Crippen LogP contribution in [-0.4, -0.2) is 37.0 Å². The Morgan fingerprint density at radius 3 is 2.30 bits per heavy atom. The van der Waals surface area contributed by atoms with Gasteiger partial charge in [-0.25, -0.2) is 0 Å². The number of carbonyl (C=O) groups is 1. The van der Waals surface area contributed by atoms with E-state index in [9.17, 15) is 4.79 Å². The molecule has 0 saturated carbocycles. The second kappa shape index (κ2) is 10.1. The average Bonchev–Trinajstić information content (AvgIpc) is 3.49. The van der Waals surface area contributed by atoms with Crippen LogP contribution >= 0.6 is 0 Å². The minimum Gasteiger partial charge on any atom is -1.00 e. The van der Waals surface area contributed by atoms with Crippen molar-refractivity contribution < 1.29 is 26.5 Å². The molecule has 5 heteroatoms. The Bertz CT molecular complexity index is 1050. The molecule has 2 aliphatic rings. The van der Waals surface area contributed by atoms with Crippen LogP contribution in [0, 0.1) is 5.92 Å². The highest BCUT2D eigenvalue weighted by molar-refractivity contribution is 5.91. The normalized spacial score (nSPS) is 17.8. The SMILES string of the molecule is NC(=O)C(c1ccccc1)(c1ccccc1)[C@@H]1CCN(CCc2ccc3c(c2)CCO3)C1.[Br-]. The van der Waals surface area contributed by atoms with Crippen molar-refractivity contribution in [3.63, 3.8) is 0 Å². The molecule has 172 valence electrons. The summed E-state index contributed by atoms with van der Waals surface area (Å²) in [5.74, 6) is 0.908. The van der Waals surface area contributed by atoms with Gasteiger partial charge in [-0.3, -0.25) is 4.79 Å². The van der Waals surface area contributed by atoms with E-state index in [-0.39, 0.29) is 28.8 Å². The van der Waals surface area contributed by atoms with E-state index in [0.29, 0.717) is 0 Å². The zero-order valence-corrected chi connectivity index (χ0v) is 20.3. The number of primary amides is 1. The lowest BCUT2D eigenvalue weighted by Crippen LogP contribution is -3.00. The van der Waals surface area contributed by atoms with Gasteiger partial charge in [-0.15, -0.1) is 0 Å². The summed E-state index contributed by atoms with van der Waals surface area (Å²) >= 11 is 0. The van der Waals surface area contributed by atoms with Crippen LogP contribution in [0.3, 0.4) is 0 Å². The van der Waals surface area contributed by atoms with Crippen LogP contribution in [0.2, 0.25) is 0 Å². The molecule has 2 N–H and O–H groups in total. The number of carbonyl (C=O) groups excluding carboxylic acids is 1. The Morgan fingerprint density at radius 2 is 1.67 bits per heavy atom. The summed E-state index contributed by atoms with van der Waals surface area (Å²) < 4.78 is 5.64. The molecule has 2 aliphatic heterocycles. The largest absolute Gasteiger partial charge is 1.00 e. The van der Waals surface area contributed by atoms with Crippen molar-refractivity contribution in [1.82, 2.24) is 4.90 Å². The molecule has 3 aromatic rings. The molecule has 0 unspecified atom stereocenters. The van der Waals surface area contributed by atoms with Crippen LogP contribution in [0.5, 0.6) is 5.75 Å². The Morgan fingerprint density at radius 1 is 1.00 bits per heavy atom. The summed E-state index contributed by atoms with van der Waals surface area (Å²) in [5, 5.41) is 0. The van der Waals surface area contributed by atoms with Crippen molar-refractivity contribution in [3.05, 3.63) is 101 Å². The van der Waals surface area contributed by atoms with Crippen LogP contribution in [0.1, 0.15) is 28.7 Å². The second-order valence-corrected chi connectivity index (χ2v) is 8.98. The topological polar surface area (TPSA) is 55.6 Å². The van der Waals surface area contributed by atoms with Gasteiger partial charge in [0, 0.05) is 19.5 Å². The Kier molecular flexibility index (Phi) is 7.20. The van der Waals surface area contributed by atoms with Crippen LogP contribution in [-0.2, 0) is 23.1 Å². The first-order valence-electron chi connectivity index (χ1n) is 11.6. The Hall–Kier alpha value is -2.63. The minimum absolute atomic E-state index is 0. The van der Waals surface area contributed by atoms with Crippen molar-refractivity contribution in [2.45, 2.75) is 24.7 Å². The molecule has 0 spiro atoms. The molecule has 0 bridgehead atoms. The predicted molar refractivity (Wildman–Crippen MR) is 127 cm³/mol. The molecule has 1 fully saturated rings. The lowest BCUT2D eigenvalue weighted by Gasteiger charge is -2.37. The lowest BCUT2D eigenvalue weighted by molar-refractivity contribution is -0.123. The summed E-state index contributed by atoms with van der Waals surface area (Å²) in [4.78, 5) is 15.7. The first-order valence-corrected chi connectivity index (χ1v) is 11.6. The fourth-order valence-electron chi connectivity index (χ4n) is 5.60. The number of nitrogens with zero attached hydrogens (tertiary/aromatic N) is 1. The van der Waals surface area contributed by atoms with Crippen molar-refractivity contribution >= 4 is 5.91 Å². The number of nitrogens with two attached hydrogens (primary N) is 1.